The highest BCUT2D eigenvalue weighted by Crippen LogP contribution is 2.42. The molecule has 0 radical (unpaired) electrons. The zero-order valence-electron chi connectivity index (χ0n) is 16.8. The van der Waals surface area contributed by atoms with Crippen LogP contribution in [0.5, 0.6) is 0 Å². The fourth-order valence-corrected chi connectivity index (χ4v) is 3.73. The van der Waals surface area contributed by atoms with E-state index in [4.69, 9.17) is 0 Å². The number of Topliss-reactive ketones (excluding diaryl/α,β-unsaturated/α-hetero) is 1. The largest absolute Gasteiger partial charge is 0.507 e. The van der Waals surface area contributed by atoms with Gasteiger partial charge in [-0.25, -0.2) is 0 Å². The van der Waals surface area contributed by atoms with Crippen LogP contribution in [0.4, 0.5) is 5.69 Å². The first-order valence-electron chi connectivity index (χ1n) is 9.85. The molecule has 150 valence electrons. The average molecular weight is 398 g/mol. The molecule has 5 heteroatoms. The van der Waals surface area contributed by atoms with Gasteiger partial charge in [-0.1, -0.05) is 68.4 Å². The summed E-state index contributed by atoms with van der Waals surface area (Å²) in [6.45, 7) is 4.21. The van der Waals surface area contributed by atoms with Crippen molar-refractivity contribution < 1.29 is 14.7 Å². The third kappa shape index (κ3) is 3.39. The number of nitrogens with zero attached hydrogens (tertiary/aromatic N) is 2. The molecule has 1 aliphatic heterocycles. The minimum Gasteiger partial charge on any atom is -0.507 e. The number of aliphatic hydroxyl groups is 1. The lowest BCUT2D eigenvalue weighted by atomic mass is 9.93. The SMILES string of the molecule is CC(C)c1ccc([C@H]2C(=C(O)c3ccccc3)C(=O)C(=O)N2c2cccnc2)cc1. The Hall–Kier alpha value is -3.73. The quantitative estimate of drug-likeness (QED) is 0.388. The maximum absolute atomic E-state index is 13.0. The highest BCUT2D eigenvalue weighted by Gasteiger charge is 2.47. The zero-order chi connectivity index (χ0) is 21.3. The minimum atomic E-state index is -0.740. The summed E-state index contributed by atoms with van der Waals surface area (Å²) in [6, 6.07) is 19.3. The summed E-state index contributed by atoms with van der Waals surface area (Å²) < 4.78 is 0. The van der Waals surface area contributed by atoms with E-state index >= 15 is 0 Å². The van der Waals surface area contributed by atoms with E-state index in [9.17, 15) is 14.7 Å². The summed E-state index contributed by atoms with van der Waals surface area (Å²) in [5, 5.41) is 11.0. The van der Waals surface area contributed by atoms with Crippen LogP contribution in [0.25, 0.3) is 5.76 Å². The van der Waals surface area contributed by atoms with Crippen molar-refractivity contribution in [2.75, 3.05) is 4.90 Å². The van der Waals surface area contributed by atoms with Gasteiger partial charge in [0.15, 0.2) is 0 Å². The lowest BCUT2D eigenvalue weighted by molar-refractivity contribution is -0.132. The van der Waals surface area contributed by atoms with E-state index < -0.39 is 17.7 Å². The number of carbonyl (C=O) groups is 2. The van der Waals surface area contributed by atoms with Gasteiger partial charge in [-0.15, -0.1) is 0 Å². The third-order valence-electron chi connectivity index (χ3n) is 5.33. The average Bonchev–Trinajstić information content (AvgIpc) is 3.05. The predicted molar refractivity (Wildman–Crippen MR) is 116 cm³/mol. The van der Waals surface area contributed by atoms with E-state index in [0.29, 0.717) is 17.2 Å². The normalized spacial score (nSPS) is 18.2. The number of rotatable bonds is 4. The van der Waals surface area contributed by atoms with Crippen LogP contribution in [0.1, 0.15) is 42.5 Å². The van der Waals surface area contributed by atoms with Crippen LogP contribution >= 0.6 is 0 Å². The second-order valence-electron chi connectivity index (χ2n) is 7.57. The molecule has 1 fully saturated rings. The number of aromatic nitrogens is 1. The summed E-state index contributed by atoms with van der Waals surface area (Å²) in [7, 11) is 0. The molecule has 4 rings (SSSR count). The van der Waals surface area contributed by atoms with Gasteiger partial charge in [0.1, 0.15) is 5.76 Å². The van der Waals surface area contributed by atoms with E-state index in [1.165, 1.54) is 4.90 Å². The van der Waals surface area contributed by atoms with Gasteiger partial charge in [0.2, 0.25) is 0 Å². The van der Waals surface area contributed by atoms with Crippen molar-refractivity contribution in [2.24, 2.45) is 0 Å². The van der Waals surface area contributed by atoms with Crippen molar-refractivity contribution in [3.8, 4) is 0 Å². The van der Waals surface area contributed by atoms with Gasteiger partial charge in [0, 0.05) is 11.8 Å². The van der Waals surface area contributed by atoms with Crippen molar-refractivity contribution in [1.82, 2.24) is 4.98 Å². The van der Waals surface area contributed by atoms with Gasteiger partial charge in [-0.2, -0.15) is 0 Å². The fourth-order valence-electron chi connectivity index (χ4n) is 3.73. The van der Waals surface area contributed by atoms with Crippen LogP contribution in [0.3, 0.4) is 0 Å². The molecule has 1 atom stereocenters. The number of aliphatic hydroxyl groups excluding tert-OH is 1. The van der Waals surface area contributed by atoms with E-state index in [2.05, 4.69) is 18.8 Å². The van der Waals surface area contributed by atoms with Crippen LogP contribution in [0.2, 0.25) is 0 Å². The number of anilines is 1. The molecule has 5 nitrogen and oxygen atoms in total. The van der Waals surface area contributed by atoms with E-state index in [1.807, 2.05) is 30.3 Å². The molecule has 30 heavy (non-hydrogen) atoms. The fraction of sp³-hybridized carbons (Fsp3) is 0.160. The summed E-state index contributed by atoms with van der Waals surface area (Å²) in [4.78, 5) is 31.6. The Morgan fingerprint density at radius 1 is 0.967 bits per heavy atom. The molecule has 0 spiro atoms. The van der Waals surface area contributed by atoms with Gasteiger partial charge in [-0.05, 0) is 29.2 Å². The Bertz CT molecular complexity index is 1100. The second-order valence-corrected chi connectivity index (χ2v) is 7.57. The third-order valence-corrected chi connectivity index (χ3v) is 5.33. The smallest absolute Gasteiger partial charge is 0.300 e. The molecule has 1 aromatic heterocycles. The number of amides is 1. The lowest BCUT2D eigenvalue weighted by Gasteiger charge is -2.25. The zero-order valence-corrected chi connectivity index (χ0v) is 16.8. The van der Waals surface area contributed by atoms with Crippen molar-refractivity contribution in [3.63, 3.8) is 0 Å². The molecule has 1 saturated heterocycles. The number of hydrogen-bond acceptors (Lipinski definition) is 4. The van der Waals surface area contributed by atoms with Gasteiger partial charge in [-0.3, -0.25) is 19.5 Å². The first-order valence-corrected chi connectivity index (χ1v) is 9.85. The van der Waals surface area contributed by atoms with Crippen LogP contribution in [0, 0.1) is 0 Å². The molecule has 1 N–H and O–H groups in total. The Morgan fingerprint density at radius 3 is 2.27 bits per heavy atom. The van der Waals surface area contributed by atoms with Crippen molar-refractivity contribution in [3.05, 3.63) is 101 Å². The van der Waals surface area contributed by atoms with Crippen molar-refractivity contribution in [2.45, 2.75) is 25.8 Å². The summed E-state index contributed by atoms with van der Waals surface area (Å²) in [6.07, 6.45) is 3.15. The summed E-state index contributed by atoms with van der Waals surface area (Å²) in [5.41, 5.74) is 2.97. The monoisotopic (exact) mass is 398 g/mol. The van der Waals surface area contributed by atoms with Crippen LogP contribution < -0.4 is 4.90 Å². The van der Waals surface area contributed by atoms with Gasteiger partial charge >= 0.3 is 0 Å². The summed E-state index contributed by atoms with van der Waals surface area (Å²) >= 11 is 0. The van der Waals surface area contributed by atoms with Crippen LogP contribution in [-0.4, -0.2) is 21.8 Å². The van der Waals surface area contributed by atoms with Crippen molar-refractivity contribution in [1.29, 1.82) is 0 Å². The first kappa shape index (κ1) is 19.6. The topological polar surface area (TPSA) is 70.5 Å². The number of hydrogen-bond donors (Lipinski definition) is 1. The Kier molecular flexibility index (Phi) is 5.19. The number of carbonyl (C=O) groups excluding carboxylic acids is 2. The number of benzene rings is 2. The van der Waals surface area contributed by atoms with Gasteiger partial charge < -0.3 is 5.11 Å². The van der Waals surface area contributed by atoms with Crippen LogP contribution in [0.15, 0.2) is 84.7 Å². The van der Waals surface area contributed by atoms with E-state index in [-0.39, 0.29) is 11.3 Å². The van der Waals surface area contributed by atoms with E-state index in [0.717, 1.165) is 11.1 Å². The van der Waals surface area contributed by atoms with Crippen molar-refractivity contribution >= 4 is 23.1 Å². The maximum Gasteiger partial charge on any atom is 0.300 e. The molecular weight excluding hydrogens is 376 g/mol. The molecule has 0 unspecified atom stereocenters. The van der Waals surface area contributed by atoms with Gasteiger partial charge in [0.25, 0.3) is 11.7 Å². The Labute approximate surface area is 175 Å². The lowest BCUT2D eigenvalue weighted by Crippen LogP contribution is -2.29. The van der Waals surface area contributed by atoms with Gasteiger partial charge in [0.05, 0.1) is 23.5 Å². The molecule has 1 amide bonds. The summed E-state index contributed by atoms with van der Waals surface area (Å²) in [5.74, 6) is -1.22. The molecule has 2 heterocycles. The molecule has 1 aliphatic rings. The second kappa shape index (κ2) is 7.95. The first-order chi connectivity index (χ1) is 14.5. The minimum absolute atomic E-state index is 0.0763. The molecule has 2 aromatic carbocycles. The molecule has 0 bridgehead atoms. The van der Waals surface area contributed by atoms with E-state index in [1.54, 1.807) is 48.8 Å². The number of pyridine rings is 1. The predicted octanol–water partition coefficient (Wildman–Crippen LogP) is 4.83. The molecular formula is C25H22N2O3. The van der Waals surface area contributed by atoms with Crippen LogP contribution in [-0.2, 0) is 9.59 Å². The molecule has 0 saturated carbocycles. The number of ketones is 1. The molecule has 3 aromatic rings. The highest BCUT2D eigenvalue weighted by atomic mass is 16.3. The molecule has 0 aliphatic carbocycles. The standard InChI is InChI=1S/C25H22N2O3/c1-16(2)17-10-12-18(13-11-17)22-21(23(28)19-7-4-3-5-8-19)24(29)25(30)27(22)20-9-6-14-26-15-20/h3-16,22,28H,1-2H3/t22-/m0/s1. The Morgan fingerprint density at radius 2 is 1.67 bits per heavy atom. The Balaban J connectivity index is 1.92. The maximum atomic E-state index is 13.0. The highest BCUT2D eigenvalue weighted by molar-refractivity contribution is 6.51.